The average Bonchev–Trinajstić information content (AvgIpc) is 2.50. The number of anilines is 1. The Hall–Kier alpha value is -2.07. The van der Waals surface area contributed by atoms with Gasteiger partial charge in [-0.05, 0) is 43.7 Å². The van der Waals surface area contributed by atoms with E-state index in [9.17, 15) is 9.18 Å². The fourth-order valence-corrected chi connectivity index (χ4v) is 2.60. The molecule has 0 aliphatic carbocycles. The van der Waals surface area contributed by atoms with E-state index in [1.807, 2.05) is 31.2 Å². The summed E-state index contributed by atoms with van der Waals surface area (Å²) in [7, 11) is 1.64. The summed E-state index contributed by atoms with van der Waals surface area (Å²) in [5, 5.41) is 3.48. The molecule has 2 aromatic rings. The van der Waals surface area contributed by atoms with E-state index in [-0.39, 0.29) is 12.5 Å². The number of aryl methyl sites for hydroxylation is 1. The Morgan fingerprint density at radius 1 is 1.30 bits per heavy atom. The Labute approximate surface area is 141 Å². The van der Waals surface area contributed by atoms with Gasteiger partial charge in [-0.25, -0.2) is 4.39 Å². The van der Waals surface area contributed by atoms with Crippen molar-refractivity contribution < 1.29 is 9.18 Å². The van der Waals surface area contributed by atoms with Crippen molar-refractivity contribution in [3.05, 3.63) is 64.4 Å². The molecule has 0 spiro atoms. The van der Waals surface area contributed by atoms with Gasteiger partial charge in [0.25, 0.3) is 0 Å². The van der Waals surface area contributed by atoms with Crippen LogP contribution < -0.4 is 5.32 Å². The maximum absolute atomic E-state index is 13.8. The van der Waals surface area contributed by atoms with E-state index < -0.39 is 11.9 Å². The maximum Gasteiger partial charge on any atom is 0.244 e. The van der Waals surface area contributed by atoms with E-state index in [1.54, 1.807) is 26.1 Å². The van der Waals surface area contributed by atoms with Crippen LogP contribution in [0.4, 0.5) is 10.1 Å². The number of carbonyl (C=O) groups is 1. The summed E-state index contributed by atoms with van der Waals surface area (Å²) in [6, 6.07) is 11.9. The number of likely N-dealkylation sites (N-methyl/N-ethyl adjacent to an activating group) is 1. The number of carbonyl (C=O) groups excluding carboxylic acids is 1. The lowest BCUT2D eigenvalue weighted by molar-refractivity contribution is -0.130. The Morgan fingerprint density at radius 2 is 2.00 bits per heavy atom. The molecule has 2 rings (SSSR count). The quantitative estimate of drug-likeness (QED) is 0.886. The molecule has 1 N–H and O–H groups in total. The Bertz CT molecular complexity index is 685. The molecule has 2 aromatic carbocycles. The number of nitrogens with one attached hydrogen (secondary N) is 1. The molecular weight excluding hydrogens is 315 g/mol. The monoisotopic (exact) mass is 334 g/mol. The number of rotatable bonds is 5. The minimum absolute atomic E-state index is 0.129. The molecule has 0 radical (unpaired) electrons. The molecule has 0 bridgehead atoms. The van der Waals surface area contributed by atoms with Crippen molar-refractivity contribution in [3.63, 3.8) is 0 Å². The van der Waals surface area contributed by atoms with Crippen molar-refractivity contribution in [3.8, 4) is 0 Å². The zero-order valence-electron chi connectivity index (χ0n) is 13.4. The van der Waals surface area contributed by atoms with Crippen molar-refractivity contribution in [2.24, 2.45) is 0 Å². The van der Waals surface area contributed by atoms with Crippen LogP contribution in [0.3, 0.4) is 0 Å². The van der Waals surface area contributed by atoms with Crippen LogP contribution in [0.2, 0.25) is 5.02 Å². The van der Waals surface area contributed by atoms with Crippen LogP contribution in [0.1, 0.15) is 18.1 Å². The summed E-state index contributed by atoms with van der Waals surface area (Å²) in [6.45, 7) is 3.90. The summed E-state index contributed by atoms with van der Waals surface area (Å²) in [5.41, 5.74) is 2.32. The highest BCUT2D eigenvalue weighted by Gasteiger charge is 2.19. The van der Waals surface area contributed by atoms with Crippen molar-refractivity contribution in [1.29, 1.82) is 0 Å². The van der Waals surface area contributed by atoms with Gasteiger partial charge < -0.3 is 10.2 Å². The van der Waals surface area contributed by atoms with Gasteiger partial charge in [-0.15, -0.1) is 0 Å². The molecule has 0 aliphatic rings. The largest absolute Gasteiger partial charge is 0.374 e. The van der Waals surface area contributed by atoms with E-state index in [2.05, 4.69) is 5.32 Å². The fourth-order valence-electron chi connectivity index (χ4n) is 2.38. The molecule has 23 heavy (non-hydrogen) atoms. The summed E-state index contributed by atoms with van der Waals surface area (Å²) < 4.78 is 13.8. The lowest BCUT2D eigenvalue weighted by Crippen LogP contribution is -2.38. The summed E-state index contributed by atoms with van der Waals surface area (Å²) >= 11 is 6.01. The van der Waals surface area contributed by atoms with Gasteiger partial charge in [0.15, 0.2) is 0 Å². The second-order valence-electron chi connectivity index (χ2n) is 5.63. The Morgan fingerprint density at radius 3 is 2.65 bits per heavy atom. The minimum Gasteiger partial charge on any atom is -0.374 e. The molecule has 122 valence electrons. The third kappa shape index (κ3) is 4.45. The smallest absolute Gasteiger partial charge is 0.244 e. The third-order valence-electron chi connectivity index (χ3n) is 3.60. The molecule has 3 nitrogen and oxygen atoms in total. The van der Waals surface area contributed by atoms with Crippen LogP contribution in [-0.4, -0.2) is 23.9 Å². The predicted molar refractivity (Wildman–Crippen MR) is 92.1 cm³/mol. The van der Waals surface area contributed by atoms with E-state index in [0.29, 0.717) is 10.6 Å². The van der Waals surface area contributed by atoms with Crippen molar-refractivity contribution in [2.75, 3.05) is 12.4 Å². The first-order valence-electron chi connectivity index (χ1n) is 7.39. The zero-order valence-corrected chi connectivity index (χ0v) is 14.2. The van der Waals surface area contributed by atoms with Gasteiger partial charge in [-0.3, -0.25) is 4.79 Å². The highest BCUT2D eigenvalue weighted by Crippen LogP contribution is 2.21. The maximum atomic E-state index is 13.8. The normalized spacial score (nSPS) is 11.9. The number of hydrogen-bond acceptors (Lipinski definition) is 2. The van der Waals surface area contributed by atoms with Gasteiger partial charge in [-0.1, -0.05) is 29.8 Å². The van der Waals surface area contributed by atoms with E-state index in [4.69, 9.17) is 11.6 Å². The van der Waals surface area contributed by atoms with Gasteiger partial charge in [0.1, 0.15) is 11.9 Å². The second kappa shape index (κ2) is 7.47. The molecule has 0 heterocycles. The number of nitrogens with zero attached hydrogens (tertiary/aromatic N) is 1. The first-order valence-corrected chi connectivity index (χ1v) is 7.77. The topological polar surface area (TPSA) is 32.3 Å². The predicted octanol–water partition coefficient (Wildman–Crippen LogP) is 4.25. The van der Waals surface area contributed by atoms with Crippen molar-refractivity contribution in [2.45, 2.75) is 26.4 Å². The summed E-state index contributed by atoms with van der Waals surface area (Å²) in [4.78, 5) is 13.9. The standard InChI is InChI=1S/C18H20ClFN2O/c1-12-6-4-7-14(10-12)21-13(2)18(23)22(3)11-15-16(19)8-5-9-17(15)20/h4-10,13,21H,11H2,1-3H3. The van der Waals surface area contributed by atoms with Crippen LogP contribution in [0.5, 0.6) is 0 Å². The van der Waals surface area contributed by atoms with Crippen LogP contribution in [0.25, 0.3) is 0 Å². The highest BCUT2D eigenvalue weighted by molar-refractivity contribution is 6.31. The number of halogens is 2. The van der Waals surface area contributed by atoms with Gasteiger partial charge >= 0.3 is 0 Å². The third-order valence-corrected chi connectivity index (χ3v) is 3.96. The molecule has 1 atom stereocenters. The molecular formula is C18H20ClFN2O. The Kier molecular flexibility index (Phi) is 5.61. The fraction of sp³-hybridized carbons (Fsp3) is 0.278. The first-order chi connectivity index (χ1) is 10.9. The molecule has 0 fully saturated rings. The number of hydrogen-bond donors (Lipinski definition) is 1. The van der Waals surface area contributed by atoms with Gasteiger partial charge in [0, 0.05) is 29.9 Å². The zero-order chi connectivity index (χ0) is 17.0. The van der Waals surface area contributed by atoms with E-state index >= 15 is 0 Å². The summed E-state index contributed by atoms with van der Waals surface area (Å²) in [5.74, 6) is -0.540. The van der Waals surface area contributed by atoms with Crippen LogP contribution in [0.15, 0.2) is 42.5 Å². The number of amides is 1. The van der Waals surface area contributed by atoms with E-state index in [1.165, 1.54) is 11.0 Å². The van der Waals surface area contributed by atoms with Crippen LogP contribution >= 0.6 is 11.6 Å². The molecule has 1 unspecified atom stereocenters. The second-order valence-corrected chi connectivity index (χ2v) is 6.04. The summed E-state index contributed by atoms with van der Waals surface area (Å²) in [6.07, 6.45) is 0. The van der Waals surface area contributed by atoms with Gasteiger partial charge in [0.05, 0.1) is 0 Å². The molecule has 0 aliphatic heterocycles. The lowest BCUT2D eigenvalue weighted by atomic mass is 10.1. The van der Waals surface area contributed by atoms with Gasteiger partial charge in [0.2, 0.25) is 5.91 Å². The molecule has 5 heteroatoms. The van der Waals surface area contributed by atoms with Crippen molar-refractivity contribution in [1.82, 2.24) is 4.90 Å². The average molecular weight is 335 g/mol. The van der Waals surface area contributed by atoms with Crippen LogP contribution in [-0.2, 0) is 11.3 Å². The number of benzene rings is 2. The molecule has 1 amide bonds. The first kappa shape index (κ1) is 17.3. The SMILES string of the molecule is Cc1cccc(NC(C)C(=O)N(C)Cc2c(F)cccc2Cl)c1. The van der Waals surface area contributed by atoms with Crippen LogP contribution in [0, 0.1) is 12.7 Å². The van der Waals surface area contributed by atoms with Crippen molar-refractivity contribution >= 4 is 23.2 Å². The lowest BCUT2D eigenvalue weighted by Gasteiger charge is -2.23. The minimum atomic E-state index is -0.424. The molecule has 0 saturated heterocycles. The molecule has 0 saturated carbocycles. The van der Waals surface area contributed by atoms with E-state index in [0.717, 1.165) is 11.3 Å². The molecule has 0 aromatic heterocycles. The Balaban J connectivity index is 2.04. The highest BCUT2D eigenvalue weighted by atomic mass is 35.5. The van der Waals surface area contributed by atoms with Gasteiger partial charge in [-0.2, -0.15) is 0 Å².